The number of nitrogens with one attached hydrogen (secondary N) is 1. The third kappa shape index (κ3) is 4.53. The number of hydrogen-bond donors (Lipinski definition) is 1. The average Bonchev–Trinajstić information content (AvgIpc) is 2.97. The summed E-state index contributed by atoms with van der Waals surface area (Å²) in [6.07, 6.45) is 0. The summed E-state index contributed by atoms with van der Waals surface area (Å²) < 4.78 is 15.5. The smallest absolute Gasteiger partial charge is 0.325 e. The topological polar surface area (TPSA) is 77.1 Å². The van der Waals surface area contributed by atoms with Gasteiger partial charge >= 0.3 is 12.0 Å². The van der Waals surface area contributed by atoms with Crippen LogP contribution in [0.1, 0.15) is 33.3 Å². The number of hydrogen-bond acceptors (Lipinski definition) is 5. The second-order valence-corrected chi connectivity index (χ2v) is 6.41. The Labute approximate surface area is 141 Å². The summed E-state index contributed by atoms with van der Waals surface area (Å²) >= 11 is 0. The van der Waals surface area contributed by atoms with E-state index in [2.05, 4.69) is 5.32 Å². The predicted octanol–water partition coefficient (Wildman–Crippen LogP) is 2.29. The van der Waals surface area contributed by atoms with Crippen molar-refractivity contribution < 1.29 is 23.8 Å². The molecule has 1 N–H and O–H groups in total. The van der Waals surface area contributed by atoms with Crippen molar-refractivity contribution in [1.29, 1.82) is 0 Å². The lowest BCUT2D eigenvalue weighted by Gasteiger charge is -2.35. The molecule has 1 aromatic carbocycles. The summed E-state index contributed by atoms with van der Waals surface area (Å²) in [5.41, 5.74) is 0.496. The van der Waals surface area contributed by atoms with E-state index in [1.807, 2.05) is 39.0 Å². The van der Waals surface area contributed by atoms with E-state index in [-0.39, 0.29) is 26.0 Å². The molecule has 0 aliphatic carbocycles. The van der Waals surface area contributed by atoms with Crippen LogP contribution >= 0.6 is 0 Å². The maximum atomic E-state index is 12.5. The fourth-order valence-electron chi connectivity index (χ4n) is 2.29. The molecule has 0 fully saturated rings. The zero-order valence-corrected chi connectivity index (χ0v) is 14.5. The molecule has 2 rings (SSSR count). The quantitative estimate of drug-likeness (QED) is 0.835. The highest BCUT2D eigenvalue weighted by Gasteiger charge is 2.27. The van der Waals surface area contributed by atoms with E-state index in [1.165, 1.54) is 0 Å². The summed E-state index contributed by atoms with van der Waals surface area (Å²) in [4.78, 5) is 25.6. The SMILES string of the molecule is CCOC(=O)CNC(=O)N(Cc1ccc2c(c1)OCO2)C(C)(C)C. The molecule has 132 valence electrons. The summed E-state index contributed by atoms with van der Waals surface area (Å²) in [6, 6.07) is 5.26. The van der Waals surface area contributed by atoms with Gasteiger partial charge in [0.15, 0.2) is 11.5 Å². The number of carbonyl (C=O) groups is 2. The fraction of sp³-hybridized carbons (Fsp3) is 0.529. The van der Waals surface area contributed by atoms with Crippen LogP contribution < -0.4 is 14.8 Å². The summed E-state index contributed by atoms with van der Waals surface area (Å²) in [6.45, 7) is 8.25. The van der Waals surface area contributed by atoms with E-state index >= 15 is 0 Å². The Bertz CT molecular complexity index is 609. The van der Waals surface area contributed by atoms with Gasteiger partial charge in [0.1, 0.15) is 6.54 Å². The van der Waals surface area contributed by atoms with Gasteiger partial charge in [-0.3, -0.25) is 4.79 Å². The van der Waals surface area contributed by atoms with Crippen molar-refractivity contribution in [3.63, 3.8) is 0 Å². The highest BCUT2D eigenvalue weighted by atomic mass is 16.7. The van der Waals surface area contributed by atoms with Crippen molar-refractivity contribution in [3.8, 4) is 11.5 Å². The third-order valence-corrected chi connectivity index (χ3v) is 3.52. The Morgan fingerprint density at radius 3 is 2.62 bits per heavy atom. The molecular weight excluding hydrogens is 312 g/mol. The minimum absolute atomic E-state index is 0.152. The first-order valence-corrected chi connectivity index (χ1v) is 7.91. The number of amides is 2. The lowest BCUT2D eigenvalue weighted by atomic mass is 10.0. The number of carbonyl (C=O) groups excluding carboxylic acids is 2. The zero-order chi connectivity index (χ0) is 17.7. The van der Waals surface area contributed by atoms with Gasteiger partial charge in [-0.25, -0.2) is 4.79 Å². The van der Waals surface area contributed by atoms with Crippen molar-refractivity contribution in [2.24, 2.45) is 0 Å². The largest absolute Gasteiger partial charge is 0.465 e. The molecule has 7 heteroatoms. The highest BCUT2D eigenvalue weighted by Crippen LogP contribution is 2.33. The monoisotopic (exact) mass is 336 g/mol. The van der Waals surface area contributed by atoms with Crippen LogP contribution in [-0.2, 0) is 16.1 Å². The first kappa shape index (κ1) is 17.9. The van der Waals surface area contributed by atoms with Crippen molar-refractivity contribution >= 4 is 12.0 Å². The molecule has 0 bridgehead atoms. The zero-order valence-electron chi connectivity index (χ0n) is 14.5. The number of nitrogens with zero attached hydrogens (tertiary/aromatic N) is 1. The van der Waals surface area contributed by atoms with Crippen LogP contribution in [-0.4, -0.2) is 42.4 Å². The van der Waals surface area contributed by atoms with E-state index in [9.17, 15) is 9.59 Å². The molecule has 1 aliphatic heterocycles. The second kappa shape index (κ2) is 7.42. The lowest BCUT2D eigenvalue weighted by molar-refractivity contribution is -0.141. The Balaban J connectivity index is 2.05. The lowest BCUT2D eigenvalue weighted by Crippen LogP contribution is -2.50. The number of ether oxygens (including phenoxy) is 3. The summed E-state index contributed by atoms with van der Waals surface area (Å²) in [7, 11) is 0. The fourth-order valence-corrected chi connectivity index (χ4v) is 2.29. The van der Waals surface area contributed by atoms with Gasteiger partial charge < -0.3 is 24.4 Å². The minimum atomic E-state index is -0.456. The molecule has 1 aromatic rings. The van der Waals surface area contributed by atoms with Crippen molar-refractivity contribution in [1.82, 2.24) is 10.2 Å². The van der Waals surface area contributed by atoms with E-state index in [4.69, 9.17) is 14.2 Å². The standard InChI is InChI=1S/C17H24N2O5/c1-5-22-15(20)9-18-16(21)19(17(2,3)4)10-12-6-7-13-14(8-12)24-11-23-13/h6-8H,5,9-11H2,1-4H3,(H,18,21). The molecule has 0 saturated heterocycles. The maximum absolute atomic E-state index is 12.5. The number of esters is 1. The van der Waals surface area contributed by atoms with Gasteiger partial charge in [0.05, 0.1) is 6.61 Å². The number of benzene rings is 1. The average molecular weight is 336 g/mol. The van der Waals surface area contributed by atoms with Crippen LogP contribution in [0.15, 0.2) is 18.2 Å². The van der Waals surface area contributed by atoms with Crippen LogP contribution in [0.25, 0.3) is 0 Å². The Morgan fingerprint density at radius 1 is 1.25 bits per heavy atom. The van der Waals surface area contributed by atoms with Gasteiger partial charge in [-0.1, -0.05) is 6.07 Å². The molecule has 1 heterocycles. The van der Waals surface area contributed by atoms with Crippen molar-refractivity contribution in [3.05, 3.63) is 23.8 Å². The number of fused-ring (bicyclic) bond motifs is 1. The Kier molecular flexibility index (Phi) is 5.54. The van der Waals surface area contributed by atoms with E-state index in [0.717, 1.165) is 5.56 Å². The molecule has 0 unspecified atom stereocenters. The molecular formula is C17H24N2O5. The first-order valence-electron chi connectivity index (χ1n) is 7.91. The van der Waals surface area contributed by atoms with Crippen molar-refractivity contribution in [2.45, 2.75) is 39.8 Å². The molecule has 1 aliphatic rings. The predicted molar refractivity (Wildman–Crippen MR) is 87.9 cm³/mol. The van der Waals surface area contributed by atoms with E-state index in [0.29, 0.717) is 18.0 Å². The highest BCUT2D eigenvalue weighted by molar-refractivity contribution is 5.81. The molecule has 0 saturated carbocycles. The van der Waals surface area contributed by atoms with Crippen molar-refractivity contribution in [2.75, 3.05) is 19.9 Å². The van der Waals surface area contributed by atoms with Crippen LogP contribution in [0.5, 0.6) is 11.5 Å². The Morgan fingerprint density at radius 2 is 1.96 bits per heavy atom. The molecule has 24 heavy (non-hydrogen) atoms. The van der Waals surface area contributed by atoms with Crippen LogP contribution in [0.2, 0.25) is 0 Å². The molecule has 2 amide bonds. The summed E-state index contributed by atoms with van der Waals surface area (Å²) in [5.74, 6) is 0.920. The van der Waals surface area contributed by atoms with Gasteiger partial charge in [0.25, 0.3) is 0 Å². The van der Waals surface area contributed by atoms with Crippen LogP contribution in [0.4, 0.5) is 4.79 Å². The van der Waals surface area contributed by atoms with Gasteiger partial charge in [-0.15, -0.1) is 0 Å². The third-order valence-electron chi connectivity index (χ3n) is 3.52. The molecule has 0 atom stereocenters. The normalized spacial score (nSPS) is 12.7. The van der Waals surface area contributed by atoms with E-state index < -0.39 is 11.5 Å². The summed E-state index contributed by atoms with van der Waals surface area (Å²) in [5, 5.41) is 2.60. The molecule has 0 aromatic heterocycles. The number of urea groups is 1. The van der Waals surface area contributed by atoms with Gasteiger partial charge in [-0.2, -0.15) is 0 Å². The van der Waals surface area contributed by atoms with E-state index in [1.54, 1.807) is 11.8 Å². The molecule has 0 radical (unpaired) electrons. The second-order valence-electron chi connectivity index (χ2n) is 6.41. The maximum Gasteiger partial charge on any atom is 0.325 e. The molecule has 7 nitrogen and oxygen atoms in total. The van der Waals surface area contributed by atoms with Crippen LogP contribution in [0.3, 0.4) is 0 Å². The first-order chi connectivity index (χ1) is 11.3. The minimum Gasteiger partial charge on any atom is -0.465 e. The Hall–Kier alpha value is -2.44. The van der Waals surface area contributed by atoms with Gasteiger partial charge in [0, 0.05) is 12.1 Å². The number of rotatable bonds is 5. The van der Waals surface area contributed by atoms with Gasteiger partial charge in [0.2, 0.25) is 6.79 Å². The van der Waals surface area contributed by atoms with Gasteiger partial charge in [-0.05, 0) is 45.4 Å². The molecule has 0 spiro atoms. The van der Waals surface area contributed by atoms with Crippen LogP contribution in [0, 0.1) is 0 Å².